The monoisotopic (exact) mass is 275 g/mol. The fourth-order valence-corrected chi connectivity index (χ4v) is 3.18. The third-order valence-electron chi connectivity index (χ3n) is 3.48. The molecule has 1 atom stereocenters. The van der Waals surface area contributed by atoms with Gasteiger partial charge in [-0.2, -0.15) is 0 Å². The molecule has 0 aromatic carbocycles. The molecule has 2 heteroatoms. The van der Waals surface area contributed by atoms with Crippen LogP contribution in [-0.4, -0.2) is 29.4 Å². The van der Waals surface area contributed by atoms with E-state index in [9.17, 15) is 0 Å². The minimum atomic E-state index is 0.824. The molecule has 0 aromatic heterocycles. The molecule has 15 heavy (non-hydrogen) atoms. The quantitative estimate of drug-likeness (QED) is 0.497. The molecule has 0 N–H and O–H groups in total. The minimum Gasteiger partial charge on any atom is -0.300 e. The van der Waals surface area contributed by atoms with Crippen LogP contribution in [0.1, 0.15) is 58.3 Å². The molecule has 1 unspecified atom stereocenters. The van der Waals surface area contributed by atoms with Crippen molar-refractivity contribution in [1.82, 2.24) is 4.90 Å². The van der Waals surface area contributed by atoms with Crippen LogP contribution in [0.3, 0.4) is 0 Å². The average molecular weight is 276 g/mol. The van der Waals surface area contributed by atoms with E-state index >= 15 is 0 Å². The van der Waals surface area contributed by atoms with Crippen molar-refractivity contribution < 1.29 is 0 Å². The highest BCUT2D eigenvalue weighted by Gasteiger charge is 2.20. The lowest BCUT2D eigenvalue weighted by atomic mass is 10.0. The van der Waals surface area contributed by atoms with Gasteiger partial charge in [-0.05, 0) is 32.4 Å². The summed E-state index contributed by atoms with van der Waals surface area (Å²) in [6.07, 6.45) is 11.3. The molecule has 1 aliphatic heterocycles. The number of rotatable bonds is 7. The summed E-state index contributed by atoms with van der Waals surface area (Å²) in [7, 11) is 0. The average Bonchev–Trinajstić information content (AvgIpc) is 2.29. The third kappa shape index (κ3) is 5.35. The van der Waals surface area contributed by atoms with Crippen molar-refractivity contribution >= 4 is 15.9 Å². The number of piperidine rings is 1. The molecular weight excluding hydrogens is 250 g/mol. The number of halogens is 1. The molecule has 0 bridgehead atoms. The highest BCUT2D eigenvalue weighted by Crippen LogP contribution is 2.19. The summed E-state index contributed by atoms with van der Waals surface area (Å²) in [6, 6.07) is 0.824. The number of alkyl halides is 1. The van der Waals surface area contributed by atoms with E-state index in [-0.39, 0.29) is 0 Å². The Morgan fingerprint density at radius 2 is 1.93 bits per heavy atom. The molecule has 0 aliphatic carbocycles. The smallest absolute Gasteiger partial charge is 0.0192 e. The summed E-state index contributed by atoms with van der Waals surface area (Å²) in [6.45, 7) is 4.95. The Balaban J connectivity index is 2.07. The van der Waals surface area contributed by atoms with Crippen LogP contribution in [0.5, 0.6) is 0 Å². The molecule has 0 saturated carbocycles. The Morgan fingerprint density at radius 3 is 2.67 bits per heavy atom. The first kappa shape index (κ1) is 13.5. The molecule has 0 spiro atoms. The fraction of sp³-hybridized carbons (Fsp3) is 1.00. The highest BCUT2D eigenvalue weighted by molar-refractivity contribution is 9.09. The summed E-state index contributed by atoms with van der Waals surface area (Å²) in [5.41, 5.74) is 0. The second kappa shape index (κ2) is 8.58. The van der Waals surface area contributed by atoms with Crippen LogP contribution >= 0.6 is 15.9 Å². The Labute approximate surface area is 104 Å². The van der Waals surface area contributed by atoms with Crippen LogP contribution in [0, 0.1) is 0 Å². The molecule has 0 aromatic rings. The van der Waals surface area contributed by atoms with E-state index in [1.807, 2.05) is 0 Å². The van der Waals surface area contributed by atoms with Crippen molar-refractivity contribution in [3.8, 4) is 0 Å². The van der Waals surface area contributed by atoms with Gasteiger partial charge in [-0.1, -0.05) is 55.0 Å². The minimum absolute atomic E-state index is 0.824. The zero-order chi connectivity index (χ0) is 10.9. The summed E-state index contributed by atoms with van der Waals surface area (Å²) >= 11 is 3.64. The van der Waals surface area contributed by atoms with Crippen LogP contribution in [0.15, 0.2) is 0 Å². The Bertz CT molecular complexity index is 149. The first-order valence-electron chi connectivity index (χ1n) is 6.68. The number of nitrogens with zero attached hydrogens (tertiary/aromatic N) is 1. The van der Waals surface area contributed by atoms with Gasteiger partial charge in [0.2, 0.25) is 0 Å². The predicted octanol–water partition coefficient (Wildman–Crippen LogP) is 4.21. The van der Waals surface area contributed by atoms with E-state index in [1.165, 1.54) is 69.8 Å². The van der Waals surface area contributed by atoms with Crippen LogP contribution < -0.4 is 0 Å². The van der Waals surface area contributed by atoms with Crippen molar-refractivity contribution in [1.29, 1.82) is 0 Å². The van der Waals surface area contributed by atoms with E-state index in [4.69, 9.17) is 0 Å². The fourth-order valence-electron chi connectivity index (χ4n) is 2.45. The predicted molar refractivity (Wildman–Crippen MR) is 71.8 cm³/mol. The molecule has 1 rings (SSSR count). The molecule has 1 nitrogen and oxygen atoms in total. The molecular formula is C13H26BrN. The van der Waals surface area contributed by atoms with Gasteiger partial charge < -0.3 is 0 Å². The summed E-state index contributed by atoms with van der Waals surface area (Å²) < 4.78 is 0. The van der Waals surface area contributed by atoms with Crippen LogP contribution in [0.25, 0.3) is 0 Å². The van der Waals surface area contributed by atoms with Crippen molar-refractivity contribution in [3.05, 3.63) is 0 Å². The Hall–Kier alpha value is 0.440. The van der Waals surface area contributed by atoms with Gasteiger partial charge in [-0.3, -0.25) is 4.90 Å². The normalized spacial score (nSPS) is 23.2. The SMILES string of the molecule is CCCCCCCN1CCCCC1CBr. The van der Waals surface area contributed by atoms with Crippen molar-refractivity contribution in [2.45, 2.75) is 64.3 Å². The van der Waals surface area contributed by atoms with Crippen molar-refractivity contribution in [2.24, 2.45) is 0 Å². The van der Waals surface area contributed by atoms with E-state index in [0.717, 1.165) is 6.04 Å². The molecule has 1 saturated heterocycles. The van der Waals surface area contributed by atoms with Crippen LogP contribution in [-0.2, 0) is 0 Å². The van der Waals surface area contributed by atoms with E-state index in [1.54, 1.807) is 0 Å². The first-order chi connectivity index (χ1) is 7.38. The van der Waals surface area contributed by atoms with Crippen LogP contribution in [0.4, 0.5) is 0 Å². The number of unbranched alkanes of at least 4 members (excludes halogenated alkanes) is 4. The molecule has 1 fully saturated rings. The number of hydrogen-bond donors (Lipinski definition) is 0. The lowest BCUT2D eigenvalue weighted by Gasteiger charge is -2.34. The van der Waals surface area contributed by atoms with Gasteiger partial charge in [0.05, 0.1) is 0 Å². The Morgan fingerprint density at radius 1 is 1.13 bits per heavy atom. The maximum Gasteiger partial charge on any atom is 0.0192 e. The third-order valence-corrected chi connectivity index (χ3v) is 4.22. The maximum absolute atomic E-state index is 3.64. The number of likely N-dealkylation sites (tertiary alicyclic amines) is 1. The van der Waals surface area contributed by atoms with E-state index < -0.39 is 0 Å². The second-order valence-corrected chi connectivity index (χ2v) is 5.40. The standard InChI is InChI=1S/C13H26BrN/c1-2-3-4-5-7-10-15-11-8-6-9-13(15)12-14/h13H,2-12H2,1H3. The lowest BCUT2D eigenvalue weighted by molar-refractivity contribution is 0.161. The number of hydrogen-bond acceptors (Lipinski definition) is 1. The van der Waals surface area contributed by atoms with E-state index in [0.29, 0.717) is 0 Å². The van der Waals surface area contributed by atoms with Crippen molar-refractivity contribution in [2.75, 3.05) is 18.4 Å². The van der Waals surface area contributed by atoms with Gasteiger partial charge >= 0.3 is 0 Å². The van der Waals surface area contributed by atoms with Gasteiger partial charge in [0.15, 0.2) is 0 Å². The molecule has 1 aliphatic rings. The van der Waals surface area contributed by atoms with Gasteiger partial charge in [-0.15, -0.1) is 0 Å². The Kier molecular flexibility index (Phi) is 7.72. The largest absolute Gasteiger partial charge is 0.300 e. The molecule has 0 amide bonds. The molecule has 90 valence electrons. The summed E-state index contributed by atoms with van der Waals surface area (Å²) in [5, 5.41) is 1.17. The zero-order valence-electron chi connectivity index (χ0n) is 10.2. The molecule has 1 heterocycles. The van der Waals surface area contributed by atoms with Gasteiger partial charge in [0.1, 0.15) is 0 Å². The van der Waals surface area contributed by atoms with E-state index in [2.05, 4.69) is 27.8 Å². The first-order valence-corrected chi connectivity index (χ1v) is 7.80. The zero-order valence-corrected chi connectivity index (χ0v) is 11.8. The van der Waals surface area contributed by atoms with Crippen molar-refractivity contribution in [3.63, 3.8) is 0 Å². The highest BCUT2D eigenvalue weighted by atomic mass is 79.9. The summed E-state index contributed by atoms with van der Waals surface area (Å²) in [5.74, 6) is 0. The maximum atomic E-state index is 3.64. The summed E-state index contributed by atoms with van der Waals surface area (Å²) in [4.78, 5) is 2.70. The van der Waals surface area contributed by atoms with Gasteiger partial charge in [0.25, 0.3) is 0 Å². The van der Waals surface area contributed by atoms with Crippen LogP contribution in [0.2, 0.25) is 0 Å². The lowest BCUT2D eigenvalue weighted by Crippen LogP contribution is -2.41. The van der Waals surface area contributed by atoms with Gasteiger partial charge in [-0.25, -0.2) is 0 Å². The topological polar surface area (TPSA) is 3.24 Å². The second-order valence-electron chi connectivity index (χ2n) is 4.75. The van der Waals surface area contributed by atoms with Gasteiger partial charge in [0, 0.05) is 11.4 Å². The molecule has 0 radical (unpaired) electrons.